The third-order valence-corrected chi connectivity index (χ3v) is 3.31. The Hall–Kier alpha value is -1.09. The van der Waals surface area contributed by atoms with Crippen LogP contribution in [0.5, 0.6) is 0 Å². The smallest absolute Gasteiger partial charge is 0.125 e. The highest BCUT2D eigenvalue weighted by Crippen LogP contribution is 2.22. The van der Waals surface area contributed by atoms with E-state index in [2.05, 4.69) is 23.2 Å². The van der Waals surface area contributed by atoms with Crippen molar-refractivity contribution < 1.29 is 4.39 Å². The van der Waals surface area contributed by atoms with Gasteiger partial charge in [-0.25, -0.2) is 4.39 Å². The first-order valence-electron chi connectivity index (χ1n) is 6.44. The molecule has 1 saturated heterocycles. The Bertz CT molecular complexity index is 356. The minimum absolute atomic E-state index is 0.134. The van der Waals surface area contributed by atoms with E-state index in [1.807, 2.05) is 6.92 Å². The molecule has 1 fully saturated rings. The number of rotatable bonds is 3. The first-order valence-corrected chi connectivity index (χ1v) is 6.44. The van der Waals surface area contributed by atoms with Crippen molar-refractivity contribution in [2.75, 3.05) is 24.5 Å². The van der Waals surface area contributed by atoms with Crippen LogP contribution in [0.1, 0.15) is 25.3 Å². The molecule has 1 aromatic carbocycles. The van der Waals surface area contributed by atoms with E-state index in [1.54, 1.807) is 12.1 Å². The van der Waals surface area contributed by atoms with E-state index >= 15 is 0 Å². The van der Waals surface area contributed by atoms with Gasteiger partial charge in [0.15, 0.2) is 0 Å². The van der Waals surface area contributed by atoms with E-state index in [-0.39, 0.29) is 5.82 Å². The van der Waals surface area contributed by atoms with Gasteiger partial charge in [-0.2, -0.15) is 0 Å². The third-order valence-electron chi connectivity index (χ3n) is 3.31. The maximum atomic E-state index is 13.4. The topological polar surface area (TPSA) is 15.3 Å². The lowest BCUT2D eigenvalue weighted by Crippen LogP contribution is -2.45. The third kappa shape index (κ3) is 3.19. The molecule has 1 unspecified atom stereocenters. The summed E-state index contributed by atoms with van der Waals surface area (Å²) in [6.45, 7) is 7.09. The lowest BCUT2D eigenvalue weighted by Gasteiger charge is -2.35. The van der Waals surface area contributed by atoms with Gasteiger partial charge in [0, 0.05) is 24.8 Å². The predicted molar refractivity (Wildman–Crippen MR) is 70.0 cm³/mol. The van der Waals surface area contributed by atoms with E-state index in [9.17, 15) is 4.39 Å². The maximum absolute atomic E-state index is 13.4. The van der Waals surface area contributed by atoms with Crippen molar-refractivity contribution >= 4 is 5.69 Å². The summed E-state index contributed by atoms with van der Waals surface area (Å²) in [6.07, 6.45) is 2.39. The van der Waals surface area contributed by atoms with Gasteiger partial charge < -0.3 is 10.2 Å². The zero-order valence-electron chi connectivity index (χ0n) is 10.7. The number of likely N-dealkylation sites (N-methyl/N-ethyl adjacent to an activating group) is 1. The van der Waals surface area contributed by atoms with Crippen molar-refractivity contribution in [3.05, 3.63) is 29.6 Å². The summed E-state index contributed by atoms with van der Waals surface area (Å²) in [5.74, 6) is -0.134. The molecule has 1 aliphatic heterocycles. The van der Waals surface area contributed by atoms with Gasteiger partial charge in [-0.05, 0) is 50.1 Å². The molecule has 3 heteroatoms. The normalized spacial score (nSPS) is 20.6. The molecule has 1 atom stereocenters. The summed E-state index contributed by atoms with van der Waals surface area (Å²) in [6, 6.07) is 5.82. The van der Waals surface area contributed by atoms with Gasteiger partial charge in [-0.3, -0.25) is 0 Å². The summed E-state index contributed by atoms with van der Waals surface area (Å²) in [4.78, 5) is 2.28. The molecule has 0 spiro atoms. The second-order valence-corrected chi connectivity index (χ2v) is 4.83. The fourth-order valence-corrected chi connectivity index (χ4v) is 2.57. The van der Waals surface area contributed by atoms with E-state index in [1.165, 1.54) is 12.8 Å². The molecule has 1 aromatic rings. The number of piperidine rings is 1. The number of hydrogen-bond donors (Lipinski definition) is 1. The zero-order chi connectivity index (χ0) is 12.3. The highest BCUT2D eigenvalue weighted by molar-refractivity contribution is 5.49. The predicted octanol–water partition coefficient (Wildman–Crippen LogP) is 2.71. The van der Waals surface area contributed by atoms with Gasteiger partial charge in [0.25, 0.3) is 0 Å². The standard InChI is InChI=1S/C14H21FN2/c1-3-16-13-5-4-6-17(10-13)14-8-11(2)7-12(15)9-14/h7-9,13,16H,3-6,10H2,1-2H3. The Labute approximate surface area is 103 Å². The molecule has 17 heavy (non-hydrogen) atoms. The average molecular weight is 236 g/mol. The lowest BCUT2D eigenvalue weighted by molar-refractivity contribution is 0.431. The monoisotopic (exact) mass is 236 g/mol. The van der Waals surface area contributed by atoms with Crippen LogP contribution in [0.3, 0.4) is 0 Å². The summed E-state index contributed by atoms with van der Waals surface area (Å²) < 4.78 is 13.4. The van der Waals surface area contributed by atoms with Crippen molar-refractivity contribution in [1.82, 2.24) is 5.32 Å². The van der Waals surface area contributed by atoms with Crippen molar-refractivity contribution in [2.24, 2.45) is 0 Å². The van der Waals surface area contributed by atoms with Crippen molar-refractivity contribution in [2.45, 2.75) is 32.7 Å². The largest absolute Gasteiger partial charge is 0.370 e. The molecule has 1 heterocycles. The molecule has 0 bridgehead atoms. The Kier molecular flexibility index (Phi) is 4.00. The minimum Gasteiger partial charge on any atom is -0.370 e. The Morgan fingerprint density at radius 3 is 2.94 bits per heavy atom. The summed E-state index contributed by atoms with van der Waals surface area (Å²) in [5, 5.41) is 3.48. The second kappa shape index (κ2) is 5.50. The van der Waals surface area contributed by atoms with E-state index in [4.69, 9.17) is 0 Å². The van der Waals surface area contributed by atoms with Crippen LogP contribution in [0.4, 0.5) is 10.1 Å². The molecule has 0 amide bonds. The van der Waals surface area contributed by atoms with Gasteiger partial charge in [0.05, 0.1) is 0 Å². The second-order valence-electron chi connectivity index (χ2n) is 4.83. The SMILES string of the molecule is CCNC1CCCN(c2cc(C)cc(F)c2)C1. The quantitative estimate of drug-likeness (QED) is 0.868. The van der Waals surface area contributed by atoms with Crippen LogP contribution < -0.4 is 10.2 Å². The molecule has 0 saturated carbocycles. The summed E-state index contributed by atoms with van der Waals surface area (Å²) in [5.41, 5.74) is 2.01. The summed E-state index contributed by atoms with van der Waals surface area (Å²) in [7, 11) is 0. The molecule has 0 radical (unpaired) electrons. The van der Waals surface area contributed by atoms with Gasteiger partial charge in [0.1, 0.15) is 5.82 Å². The fourth-order valence-electron chi connectivity index (χ4n) is 2.57. The van der Waals surface area contributed by atoms with Crippen LogP contribution in [0.25, 0.3) is 0 Å². The lowest BCUT2D eigenvalue weighted by atomic mass is 10.0. The van der Waals surface area contributed by atoms with E-state index < -0.39 is 0 Å². The highest BCUT2D eigenvalue weighted by atomic mass is 19.1. The van der Waals surface area contributed by atoms with Crippen molar-refractivity contribution in [3.63, 3.8) is 0 Å². The number of nitrogens with zero attached hydrogens (tertiary/aromatic N) is 1. The van der Waals surface area contributed by atoms with Crippen LogP contribution in [0.2, 0.25) is 0 Å². The Morgan fingerprint density at radius 1 is 1.41 bits per heavy atom. The van der Waals surface area contributed by atoms with Gasteiger partial charge >= 0.3 is 0 Å². The van der Waals surface area contributed by atoms with Crippen LogP contribution >= 0.6 is 0 Å². The number of halogens is 1. The van der Waals surface area contributed by atoms with E-state index in [0.717, 1.165) is 30.9 Å². The molecular formula is C14H21FN2. The molecule has 0 aromatic heterocycles. The van der Waals surface area contributed by atoms with Crippen LogP contribution in [-0.2, 0) is 0 Å². The number of anilines is 1. The average Bonchev–Trinajstić information content (AvgIpc) is 2.28. The van der Waals surface area contributed by atoms with E-state index in [0.29, 0.717) is 6.04 Å². The fraction of sp³-hybridized carbons (Fsp3) is 0.571. The van der Waals surface area contributed by atoms with Crippen LogP contribution in [0, 0.1) is 12.7 Å². The van der Waals surface area contributed by atoms with Gasteiger partial charge in [-0.15, -0.1) is 0 Å². The number of benzene rings is 1. The van der Waals surface area contributed by atoms with Crippen molar-refractivity contribution in [1.29, 1.82) is 0 Å². The molecular weight excluding hydrogens is 215 g/mol. The molecule has 1 N–H and O–H groups in total. The first-order chi connectivity index (χ1) is 8.19. The number of nitrogens with one attached hydrogen (secondary N) is 1. The molecule has 2 nitrogen and oxygen atoms in total. The zero-order valence-corrected chi connectivity index (χ0v) is 10.7. The minimum atomic E-state index is -0.134. The maximum Gasteiger partial charge on any atom is 0.125 e. The van der Waals surface area contributed by atoms with Gasteiger partial charge in [0.2, 0.25) is 0 Å². The van der Waals surface area contributed by atoms with Crippen LogP contribution in [-0.4, -0.2) is 25.7 Å². The molecule has 2 rings (SSSR count). The van der Waals surface area contributed by atoms with Crippen LogP contribution in [0.15, 0.2) is 18.2 Å². The Morgan fingerprint density at radius 2 is 2.24 bits per heavy atom. The number of hydrogen-bond acceptors (Lipinski definition) is 2. The number of aryl methyl sites for hydroxylation is 1. The molecule has 94 valence electrons. The van der Waals surface area contributed by atoms with Crippen molar-refractivity contribution in [3.8, 4) is 0 Å². The Balaban J connectivity index is 2.10. The first kappa shape index (κ1) is 12.4. The molecule has 1 aliphatic rings. The summed E-state index contributed by atoms with van der Waals surface area (Å²) >= 11 is 0. The van der Waals surface area contributed by atoms with Gasteiger partial charge in [-0.1, -0.05) is 6.92 Å². The highest BCUT2D eigenvalue weighted by Gasteiger charge is 2.19. The molecule has 0 aliphatic carbocycles.